The number of aryl methyl sites for hydroxylation is 1. The van der Waals surface area contributed by atoms with Crippen molar-refractivity contribution < 1.29 is 0 Å². The molecule has 2 heterocycles. The Morgan fingerprint density at radius 1 is 1.32 bits per heavy atom. The number of nitrogens with one attached hydrogen (secondary N) is 1. The van der Waals surface area contributed by atoms with Gasteiger partial charge in [0.1, 0.15) is 12.2 Å². The van der Waals surface area contributed by atoms with Gasteiger partial charge in [-0.15, -0.1) is 0 Å². The highest BCUT2D eigenvalue weighted by Crippen LogP contribution is 2.17. The zero-order chi connectivity index (χ0) is 13.8. The fourth-order valence-electron chi connectivity index (χ4n) is 2.17. The highest BCUT2D eigenvalue weighted by Gasteiger charge is 2.18. The van der Waals surface area contributed by atoms with E-state index in [1.54, 1.807) is 6.33 Å². The average Bonchev–Trinajstić information content (AvgIpc) is 2.97. The van der Waals surface area contributed by atoms with E-state index >= 15 is 0 Å². The molecule has 0 radical (unpaired) electrons. The third kappa shape index (κ3) is 3.20. The van der Waals surface area contributed by atoms with E-state index in [0.29, 0.717) is 6.04 Å². The Bertz CT molecular complexity index is 513. The predicted molar refractivity (Wildman–Crippen MR) is 73.7 cm³/mol. The molecule has 1 atom stereocenters. The van der Waals surface area contributed by atoms with Gasteiger partial charge in [-0.2, -0.15) is 5.10 Å². The van der Waals surface area contributed by atoms with Crippen LogP contribution in [0, 0.1) is 0 Å². The molecule has 0 bridgehead atoms. The summed E-state index contributed by atoms with van der Waals surface area (Å²) in [7, 11) is 1.98. The minimum absolute atomic E-state index is 0.174. The summed E-state index contributed by atoms with van der Waals surface area (Å²) >= 11 is 0. The van der Waals surface area contributed by atoms with E-state index in [-0.39, 0.29) is 6.04 Å². The Morgan fingerprint density at radius 2 is 2.11 bits per heavy atom. The molecule has 6 nitrogen and oxygen atoms in total. The van der Waals surface area contributed by atoms with Crippen LogP contribution in [-0.2, 0) is 13.5 Å². The highest BCUT2D eigenvalue weighted by molar-refractivity contribution is 5.07. The molecular weight excluding hydrogens is 240 g/mol. The van der Waals surface area contributed by atoms with Crippen molar-refractivity contribution in [2.24, 2.45) is 7.05 Å². The van der Waals surface area contributed by atoms with Crippen LogP contribution in [0.25, 0.3) is 0 Å². The minimum Gasteiger partial charge on any atom is -0.340 e. The van der Waals surface area contributed by atoms with Crippen LogP contribution in [0.2, 0.25) is 0 Å². The summed E-state index contributed by atoms with van der Waals surface area (Å²) in [5.41, 5.74) is 1.04. The lowest BCUT2D eigenvalue weighted by atomic mass is 10.1. The minimum atomic E-state index is 0.174. The van der Waals surface area contributed by atoms with E-state index < -0.39 is 0 Å². The van der Waals surface area contributed by atoms with Crippen LogP contribution in [0.15, 0.2) is 18.9 Å². The fraction of sp³-hybridized carbons (Fsp3) is 0.615. The van der Waals surface area contributed by atoms with Crippen LogP contribution in [-0.4, -0.2) is 30.9 Å². The van der Waals surface area contributed by atoms with Crippen molar-refractivity contribution in [2.45, 2.75) is 39.3 Å². The molecule has 0 aliphatic heterocycles. The van der Waals surface area contributed by atoms with Gasteiger partial charge in [-0.25, -0.2) is 14.6 Å². The van der Waals surface area contributed by atoms with Gasteiger partial charge >= 0.3 is 0 Å². The molecule has 0 spiro atoms. The van der Waals surface area contributed by atoms with Crippen LogP contribution in [0.1, 0.15) is 44.4 Å². The first-order chi connectivity index (χ1) is 9.11. The molecule has 0 aliphatic carbocycles. The second kappa shape index (κ2) is 5.97. The number of rotatable bonds is 6. The van der Waals surface area contributed by atoms with Crippen molar-refractivity contribution >= 4 is 0 Å². The van der Waals surface area contributed by atoms with Crippen molar-refractivity contribution in [3.05, 3.63) is 30.4 Å². The molecule has 19 heavy (non-hydrogen) atoms. The van der Waals surface area contributed by atoms with Gasteiger partial charge in [0, 0.05) is 25.7 Å². The van der Waals surface area contributed by atoms with Crippen molar-refractivity contribution in [3.8, 4) is 0 Å². The van der Waals surface area contributed by atoms with E-state index in [9.17, 15) is 0 Å². The molecular formula is C13H22N6. The molecule has 0 saturated carbocycles. The maximum atomic E-state index is 4.43. The summed E-state index contributed by atoms with van der Waals surface area (Å²) in [4.78, 5) is 8.80. The highest BCUT2D eigenvalue weighted by atomic mass is 15.3. The smallest absolute Gasteiger partial charge is 0.138 e. The topological polar surface area (TPSA) is 60.6 Å². The molecule has 0 aromatic carbocycles. The van der Waals surface area contributed by atoms with Crippen molar-refractivity contribution in [3.63, 3.8) is 0 Å². The lowest BCUT2D eigenvalue weighted by Gasteiger charge is -2.17. The SMILES string of the molecule is CCNC(Cc1ncnn1C(C)C)c1cn(C)cn1. The Hall–Kier alpha value is -1.69. The Labute approximate surface area is 113 Å². The Kier molecular flexibility index (Phi) is 4.31. The number of likely N-dealkylation sites (N-methyl/N-ethyl adjacent to an activating group) is 1. The van der Waals surface area contributed by atoms with Crippen LogP contribution < -0.4 is 5.32 Å². The number of nitrogens with zero attached hydrogens (tertiary/aromatic N) is 5. The predicted octanol–water partition coefficient (Wildman–Crippen LogP) is 1.49. The first kappa shape index (κ1) is 13.7. The standard InChI is InChI=1S/C13H22N6/c1-5-14-11(12-7-18(4)9-16-12)6-13-15-8-17-19(13)10(2)3/h7-11,14H,5-6H2,1-4H3. The van der Waals surface area contributed by atoms with E-state index in [1.807, 2.05) is 28.8 Å². The van der Waals surface area contributed by atoms with Crippen molar-refractivity contribution in [1.29, 1.82) is 0 Å². The van der Waals surface area contributed by atoms with Gasteiger partial charge in [0.25, 0.3) is 0 Å². The van der Waals surface area contributed by atoms with Gasteiger partial charge in [-0.05, 0) is 20.4 Å². The number of hydrogen-bond acceptors (Lipinski definition) is 4. The van der Waals surface area contributed by atoms with Gasteiger partial charge in [-0.1, -0.05) is 6.92 Å². The van der Waals surface area contributed by atoms with Crippen LogP contribution in [0.4, 0.5) is 0 Å². The molecule has 104 valence electrons. The monoisotopic (exact) mass is 262 g/mol. The summed E-state index contributed by atoms with van der Waals surface area (Å²) in [6.07, 6.45) is 6.29. The lowest BCUT2D eigenvalue weighted by molar-refractivity contribution is 0.464. The molecule has 0 fully saturated rings. The third-order valence-corrected chi connectivity index (χ3v) is 3.06. The van der Waals surface area contributed by atoms with Gasteiger partial charge < -0.3 is 9.88 Å². The summed E-state index contributed by atoms with van der Waals surface area (Å²) in [6, 6.07) is 0.497. The normalized spacial score (nSPS) is 13.1. The van der Waals surface area contributed by atoms with Gasteiger partial charge in [-0.3, -0.25) is 0 Å². The molecule has 0 saturated heterocycles. The molecule has 2 rings (SSSR count). The van der Waals surface area contributed by atoms with Gasteiger partial charge in [0.15, 0.2) is 0 Å². The van der Waals surface area contributed by atoms with Crippen molar-refractivity contribution in [2.75, 3.05) is 6.54 Å². The van der Waals surface area contributed by atoms with Crippen LogP contribution in [0.3, 0.4) is 0 Å². The number of imidazole rings is 1. The van der Waals surface area contributed by atoms with E-state index in [4.69, 9.17) is 0 Å². The van der Waals surface area contributed by atoms with Gasteiger partial charge in [0.05, 0.1) is 18.1 Å². The lowest BCUT2D eigenvalue weighted by Crippen LogP contribution is -2.25. The summed E-state index contributed by atoms with van der Waals surface area (Å²) in [5.74, 6) is 0.992. The van der Waals surface area contributed by atoms with E-state index in [2.05, 4.69) is 41.2 Å². The molecule has 1 N–H and O–H groups in total. The zero-order valence-electron chi connectivity index (χ0n) is 12.0. The first-order valence-corrected chi connectivity index (χ1v) is 6.71. The molecule has 2 aromatic rings. The quantitative estimate of drug-likeness (QED) is 0.856. The molecule has 6 heteroatoms. The van der Waals surface area contributed by atoms with Crippen molar-refractivity contribution in [1.82, 2.24) is 29.6 Å². The van der Waals surface area contributed by atoms with E-state index in [0.717, 1.165) is 24.5 Å². The molecule has 0 aliphatic rings. The molecule has 0 amide bonds. The summed E-state index contributed by atoms with van der Waals surface area (Å²) in [6.45, 7) is 7.22. The zero-order valence-corrected chi connectivity index (χ0v) is 12.0. The van der Waals surface area contributed by atoms with Crippen LogP contribution >= 0.6 is 0 Å². The van der Waals surface area contributed by atoms with Gasteiger partial charge in [0.2, 0.25) is 0 Å². The number of hydrogen-bond donors (Lipinski definition) is 1. The first-order valence-electron chi connectivity index (χ1n) is 6.71. The maximum absolute atomic E-state index is 4.43. The number of aromatic nitrogens is 5. The van der Waals surface area contributed by atoms with Crippen LogP contribution in [0.5, 0.6) is 0 Å². The third-order valence-electron chi connectivity index (χ3n) is 3.06. The van der Waals surface area contributed by atoms with E-state index in [1.165, 1.54) is 0 Å². The maximum Gasteiger partial charge on any atom is 0.138 e. The Morgan fingerprint density at radius 3 is 2.68 bits per heavy atom. The molecule has 2 aromatic heterocycles. The second-order valence-corrected chi connectivity index (χ2v) is 4.99. The Balaban J connectivity index is 2.19. The second-order valence-electron chi connectivity index (χ2n) is 4.99. The molecule has 1 unspecified atom stereocenters. The summed E-state index contributed by atoms with van der Waals surface area (Å²) in [5, 5.41) is 7.74. The fourth-order valence-corrected chi connectivity index (χ4v) is 2.17. The largest absolute Gasteiger partial charge is 0.340 e. The summed E-state index contributed by atoms with van der Waals surface area (Å²) < 4.78 is 3.93. The average molecular weight is 262 g/mol.